The van der Waals surface area contributed by atoms with Crippen molar-refractivity contribution in [3.8, 4) is 23.0 Å². The van der Waals surface area contributed by atoms with Crippen LogP contribution in [0.1, 0.15) is 13.8 Å². The molecule has 0 spiro atoms. The van der Waals surface area contributed by atoms with Gasteiger partial charge in [0.2, 0.25) is 11.7 Å². The molecule has 15 nitrogen and oxygen atoms in total. The smallest absolute Gasteiger partial charge is 0.471 e. The summed E-state index contributed by atoms with van der Waals surface area (Å²) in [4.78, 5) is 44.3. The third-order valence-electron chi connectivity index (χ3n) is 5.52. The fourth-order valence-electron chi connectivity index (χ4n) is 3.60. The van der Waals surface area contributed by atoms with Gasteiger partial charge in [-0.25, -0.2) is 18.9 Å². The Morgan fingerprint density at radius 2 is 1.80 bits per heavy atom. The molecule has 0 radical (unpaired) electrons. The van der Waals surface area contributed by atoms with Crippen molar-refractivity contribution in [1.82, 2.24) is 15.0 Å². The normalized spacial score (nSPS) is 13.9. The molecule has 0 saturated carbocycles. The van der Waals surface area contributed by atoms with Crippen LogP contribution in [0.3, 0.4) is 0 Å². The molecule has 0 saturated heterocycles. The lowest BCUT2D eigenvalue weighted by Crippen LogP contribution is -2.46. The molecule has 2 aromatic heterocycles. The van der Waals surface area contributed by atoms with E-state index in [0.717, 1.165) is 11.1 Å². The number of phosphoric ester groups is 1. The van der Waals surface area contributed by atoms with Crippen LogP contribution in [-0.4, -0.2) is 64.3 Å². The highest BCUT2D eigenvalue weighted by molar-refractivity contribution is 7.46. The van der Waals surface area contributed by atoms with Crippen molar-refractivity contribution in [3.05, 3.63) is 36.3 Å². The monoisotopic (exact) mass is 580 g/mol. The fraction of sp³-hybridized carbons (Fsp3) is 0.304. The number of phosphoric acid groups is 1. The predicted molar refractivity (Wildman–Crippen MR) is 139 cm³/mol. The number of benzene rings is 1. The second kappa shape index (κ2) is 11.1. The number of amides is 1. The molecule has 3 heterocycles. The van der Waals surface area contributed by atoms with Gasteiger partial charge in [0.15, 0.2) is 40.3 Å². The summed E-state index contributed by atoms with van der Waals surface area (Å²) in [5.41, 5.74) is -0.773. The lowest BCUT2D eigenvalue weighted by atomic mass is 10.1. The quantitative estimate of drug-likeness (QED) is 0.202. The number of methoxy groups -OCH3 is 3. The summed E-state index contributed by atoms with van der Waals surface area (Å²) in [6.45, 7) is 2.27. The van der Waals surface area contributed by atoms with Gasteiger partial charge in [-0.1, -0.05) is 0 Å². The number of pyridine rings is 1. The average Bonchev–Trinajstić information content (AvgIpc) is 2.89. The molecule has 0 unspecified atom stereocenters. The third kappa shape index (κ3) is 6.15. The highest BCUT2D eigenvalue weighted by Crippen LogP contribution is 2.42. The maximum Gasteiger partial charge on any atom is 0.471 e. The highest BCUT2D eigenvalue weighted by Gasteiger charge is 2.36. The Kier molecular flexibility index (Phi) is 7.98. The van der Waals surface area contributed by atoms with E-state index >= 15 is 4.39 Å². The first kappa shape index (κ1) is 28.8. The zero-order valence-electron chi connectivity index (χ0n) is 22.0. The molecule has 40 heavy (non-hydrogen) atoms. The number of fused-ring (bicyclic) bond motifs is 1. The Balaban J connectivity index is 1.74. The van der Waals surface area contributed by atoms with Gasteiger partial charge in [0.1, 0.15) is 12.5 Å². The number of ether oxygens (including phenoxy) is 4. The Hall–Kier alpha value is -4.24. The largest absolute Gasteiger partial charge is 0.493 e. The standard InChI is InChI=1S/C23H26FN6O9P/c1-23(2)21(31)28-19-14(39-23)6-7-17(27-19)30(11-38-40(32,33)34)20-13(24)10-25-22(29-20)26-12-8-15(35-3)18(37-5)16(9-12)36-4/h6-10H,11H2,1-5H3,(H,25,26,29)(H,27,28,31)(H2,32,33,34). The molecule has 17 heteroatoms. The third-order valence-corrected chi connectivity index (χ3v) is 5.97. The summed E-state index contributed by atoms with van der Waals surface area (Å²) in [5, 5.41) is 5.48. The summed E-state index contributed by atoms with van der Waals surface area (Å²) < 4.78 is 52.8. The first-order valence-electron chi connectivity index (χ1n) is 11.4. The van der Waals surface area contributed by atoms with Crippen molar-refractivity contribution in [2.24, 2.45) is 0 Å². The molecule has 0 atom stereocenters. The number of aromatic nitrogens is 3. The van der Waals surface area contributed by atoms with Crippen LogP contribution in [-0.2, 0) is 13.9 Å². The van der Waals surface area contributed by atoms with Crippen molar-refractivity contribution in [3.63, 3.8) is 0 Å². The van der Waals surface area contributed by atoms with Crippen molar-refractivity contribution >= 4 is 42.8 Å². The van der Waals surface area contributed by atoms with E-state index in [-0.39, 0.29) is 23.3 Å². The van der Waals surface area contributed by atoms with Gasteiger partial charge in [-0.05, 0) is 26.0 Å². The van der Waals surface area contributed by atoms with E-state index in [0.29, 0.717) is 22.9 Å². The van der Waals surface area contributed by atoms with Crippen LogP contribution in [0.15, 0.2) is 30.5 Å². The zero-order valence-corrected chi connectivity index (χ0v) is 22.9. The second-order valence-corrected chi connectivity index (χ2v) is 9.90. The van der Waals surface area contributed by atoms with Crippen LogP contribution in [0.25, 0.3) is 0 Å². The number of anilines is 5. The molecule has 0 fully saturated rings. The molecule has 3 aromatic rings. The minimum absolute atomic E-state index is 0.00763. The van der Waals surface area contributed by atoms with Crippen molar-refractivity contribution in [2.75, 3.05) is 43.6 Å². The van der Waals surface area contributed by atoms with Gasteiger partial charge in [0.05, 0.1) is 27.5 Å². The number of nitrogens with zero attached hydrogens (tertiary/aromatic N) is 4. The van der Waals surface area contributed by atoms with E-state index in [4.69, 9.17) is 18.9 Å². The molecule has 1 aliphatic rings. The van der Waals surface area contributed by atoms with Crippen LogP contribution >= 0.6 is 7.82 Å². The molecule has 214 valence electrons. The zero-order chi connectivity index (χ0) is 29.2. The summed E-state index contributed by atoms with van der Waals surface area (Å²) in [5.74, 6) is -0.841. The lowest BCUT2D eigenvalue weighted by Gasteiger charge is -2.31. The SMILES string of the molecule is COc1cc(Nc2ncc(F)c(N(COP(=O)(O)O)c3ccc4c(n3)NC(=O)C(C)(C)O4)n2)cc(OC)c1OC. The van der Waals surface area contributed by atoms with E-state index in [1.54, 1.807) is 26.0 Å². The molecular weight excluding hydrogens is 554 g/mol. The maximum absolute atomic E-state index is 15.1. The van der Waals surface area contributed by atoms with E-state index in [2.05, 4.69) is 30.1 Å². The van der Waals surface area contributed by atoms with Gasteiger partial charge in [0.25, 0.3) is 5.91 Å². The van der Waals surface area contributed by atoms with Crippen LogP contribution in [0.2, 0.25) is 0 Å². The molecular formula is C23H26FN6O9P. The Morgan fingerprint density at radius 1 is 1.12 bits per heavy atom. The molecule has 1 aromatic carbocycles. The van der Waals surface area contributed by atoms with Gasteiger partial charge in [-0.15, -0.1) is 0 Å². The molecule has 0 bridgehead atoms. The van der Waals surface area contributed by atoms with Crippen LogP contribution in [0, 0.1) is 5.82 Å². The number of carbonyl (C=O) groups is 1. The fourth-order valence-corrected chi connectivity index (χ4v) is 3.86. The number of hydrogen-bond donors (Lipinski definition) is 4. The number of halogens is 1. The molecule has 1 aliphatic heterocycles. The second-order valence-electron chi connectivity index (χ2n) is 8.66. The van der Waals surface area contributed by atoms with Gasteiger partial charge in [0, 0.05) is 17.8 Å². The van der Waals surface area contributed by atoms with Crippen molar-refractivity contribution in [2.45, 2.75) is 19.4 Å². The van der Waals surface area contributed by atoms with Crippen LogP contribution in [0.4, 0.5) is 33.5 Å². The van der Waals surface area contributed by atoms with Gasteiger partial charge in [-0.2, -0.15) is 4.98 Å². The minimum Gasteiger partial charge on any atom is -0.493 e. The topological polar surface area (TPSA) is 187 Å². The van der Waals surface area contributed by atoms with Crippen LogP contribution in [0.5, 0.6) is 23.0 Å². The lowest BCUT2D eigenvalue weighted by molar-refractivity contribution is -0.129. The number of hydrogen-bond acceptors (Lipinski definition) is 12. The Bertz CT molecular complexity index is 1460. The van der Waals surface area contributed by atoms with E-state index in [1.807, 2.05) is 0 Å². The average molecular weight is 580 g/mol. The van der Waals surface area contributed by atoms with E-state index in [1.165, 1.54) is 33.5 Å². The van der Waals surface area contributed by atoms with Crippen LogP contribution < -0.4 is 34.5 Å². The van der Waals surface area contributed by atoms with Gasteiger partial charge in [-0.3, -0.25) is 14.2 Å². The van der Waals surface area contributed by atoms with Crippen molar-refractivity contribution < 1.29 is 47.0 Å². The molecule has 4 rings (SSSR count). The Labute approximate surface area is 227 Å². The summed E-state index contributed by atoms with van der Waals surface area (Å²) >= 11 is 0. The molecule has 1 amide bonds. The number of carbonyl (C=O) groups excluding carboxylic acids is 1. The Morgan fingerprint density at radius 3 is 2.40 bits per heavy atom. The summed E-state index contributed by atoms with van der Waals surface area (Å²) in [7, 11) is -0.681. The summed E-state index contributed by atoms with van der Waals surface area (Å²) in [6.07, 6.45) is 0.846. The molecule has 0 aliphatic carbocycles. The minimum atomic E-state index is -5.00. The molecule has 4 N–H and O–H groups in total. The first-order valence-corrected chi connectivity index (χ1v) is 13.0. The number of rotatable bonds is 10. The maximum atomic E-state index is 15.1. The van der Waals surface area contributed by atoms with E-state index < -0.39 is 37.7 Å². The summed E-state index contributed by atoms with van der Waals surface area (Å²) in [6, 6.07) is 5.97. The number of nitrogens with one attached hydrogen (secondary N) is 2. The highest BCUT2D eigenvalue weighted by atomic mass is 31.2. The first-order chi connectivity index (χ1) is 18.8. The van der Waals surface area contributed by atoms with E-state index in [9.17, 15) is 19.1 Å². The van der Waals surface area contributed by atoms with Gasteiger partial charge < -0.3 is 39.4 Å². The van der Waals surface area contributed by atoms with Crippen molar-refractivity contribution in [1.29, 1.82) is 0 Å². The predicted octanol–water partition coefficient (Wildman–Crippen LogP) is 3.09. The van der Waals surface area contributed by atoms with Gasteiger partial charge >= 0.3 is 7.82 Å².